The summed E-state index contributed by atoms with van der Waals surface area (Å²) < 4.78 is 25.7. The van der Waals surface area contributed by atoms with Crippen molar-refractivity contribution in [2.45, 2.75) is 43.1 Å². The molecule has 2 rings (SSSR count). The fourth-order valence-corrected chi connectivity index (χ4v) is 5.32. The van der Waals surface area contributed by atoms with Gasteiger partial charge in [-0.3, -0.25) is 10.0 Å². The van der Waals surface area contributed by atoms with E-state index in [0.717, 1.165) is 18.4 Å². The van der Waals surface area contributed by atoms with Crippen molar-refractivity contribution in [3.8, 4) is 0 Å². The van der Waals surface area contributed by atoms with Crippen molar-refractivity contribution in [1.29, 1.82) is 0 Å². The van der Waals surface area contributed by atoms with Gasteiger partial charge in [-0.25, -0.2) is 13.9 Å². The molecule has 0 aliphatic heterocycles. The minimum atomic E-state index is -3.49. The van der Waals surface area contributed by atoms with Gasteiger partial charge in [0.05, 0.1) is 16.4 Å². The van der Waals surface area contributed by atoms with E-state index in [-0.39, 0.29) is 0 Å². The first-order valence-electron chi connectivity index (χ1n) is 7.20. The minimum Gasteiger partial charge on any atom is -0.289 e. The number of sulfone groups is 1. The van der Waals surface area contributed by atoms with E-state index in [1.807, 2.05) is 6.07 Å². The molecule has 0 saturated heterocycles. The average Bonchev–Trinajstić information content (AvgIpc) is 2.54. The van der Waals surface area contributed by atoms with E-state index in [1.165, 1.54) is 0 Å². The standard InChI is InChI=1S/C15H21NO4S/c1-11(12-7-3-2-4-8-12)21(19,20)14-10-6-5-9-13(14)15(17)16-18/h2-4,7-8,11,13-14,18H,5-6,9-10H2,1H3,(H,16,17)/t11?,13-,14-/m0/s1. The maximum absolute atomic E-state index is 12.9. The molecule has 0 spiro atoms. The van der Waals surface area contributed by atoms with Gasteiger partial charge in [-0.1, -0.05) is 43.2 Å². The molecule has 0 aromatic heterocycles. The van der Waals surface area contributed by atoms with E-state index in [2.05, 4.69) is 0 Å². The van der Waals surface area contributed by atoms with Crippen LogP contribution in [0.3, 0.4) is 0 Å². The highest BCUT2D eigenvalue weighted by atomic mass is 32.2. The van der Waals surface area contributed by atoms with Crippen LogP contribution in [0, 0.1) is 5.92 Å². The molecular formula is C15H21NO4S. The van der Waals surface area contributed by atoms with E-state index in [4.69, 9.17) is 5.21 Å². The molecule has 6 heteroatoms. The molecule has 0 radical (unpaired) electrons. The topological polar surface area (TPSA) is 83.5 Å². The van der Waals surface area contributed by atoms with Crippen molar-refractivity contribution < 1.29 is 18.4 Å². The molecule has 21 heavy (non-hydrogen) atoms. The number of rotatable bonds is 4. The van der Waals surface area contributed by atoms with Crippen molar-refractivity contribution in [2.24, 2.45) is 5.92 Å². The van der Waals surface area contributed by atoms with Gasteiger partial charge >= 0.3 is 0 Å². The molecule has 1 amide bonds. The summed E-state index contributed by atoms with van der Waals surface area (Å²) in [5.41, 5.74) is 2.34. The van der Waals surface area contributed by atoms with E-state index in [0.29, 0.717) is 12.8 Å². The van der Waals surface area contributed by atoms with Gasteiger partial charge in [-0.15, -0.1) is 0 Å². The van der Waals surface area contributed by atoms with Crippen LogP contribution in [-0.2, 0) is 14.6 Å². The van der Waals surface area contributed by atoms with Crippen LogP contribution in [0.5, 0.6) is 0 Å². The summed E-state index contributed by atoms with van der Waals surface area (Å²) in [7, 11) is -3.49. The first-order chi connectivity index (χ1) is 9.98. The maximum Gasteiger partial charge on any atom is 0.247 e. The van der Waals surface area contributed by atoms with Crippen LogP contribution in [0.2, 0.25) is 0 Å². The van der Waals surface area contributed by atoms with Crippen LogP contribution >= 0.6 is 0 Å². The zero-order valence-electron chi connectivity index (χ0n) is 12.0. The smallest absolute Gasteiger partial charge is 0.247 e. The summed E-state index contributed by atoms with van der Waals surface area (Å²) in [4.78, 5) is 11.8. The molecular weight excluding hydrogens is 290 g/mol. The number of amides is 1. The predicted molar refractivity (Wildman–Crippen MR) is 79.5 cm³/mol. The van der Waals surface area contributed by atoms with E-state index in [9.17, 15) is 13.2 Å². The van der Waals surface area contributed by atoms with Crippen molar-refractivity contribution in [3.63, 3.8) is 0 Å². The zero-order valence-corrected chi connectivity index (χ0v) is 12.8. The monoisotopic (exact) mass is 311 g/mol. The number of carbonyl (C=O) groups is 1. The Labute approximate surface area is 125 Å². The van der Waals surface area contributed by atoms with Gasteiger partial charge in [0.25, 0.3) is 0 Å². The Bertz CT molecular complexity index is 585. The molecule has 1 aromatic carbocycles. The second-order valence-corrected chi connectivity index (χ2v) is 8.04. The largest absolute Gasteiger partial charge is 0.289 e. The third kappa shape index (κ3) is 3.27. The average molecular weight is 311 g/mol. The molecule has 0 heterocycles. The Morgan fingerprint density at radius 1 is 1.24 bits per heavy atom. The minimum absolute atomic E-state index is 0.470. The highest BCUT2D eigenvalue weighted by Crippen LogP contribution is 2.36. The van der Waals surface area contributed by atoms with Crippen LogP contribution in [0.4, 0.5) is 0 Å². The summed E-state index contributed by atoms with van der Waals surface area (Å²) in [5, 5.41) is 7.45. The highest BCUT2D eigenvalue weighted by Gasteiger charge is 2.42. The summed E-state index contributed by atoms with van der Waals surface area (Å²) in [6.07, 6.45) is 2.57. The molecule has 5 nitrogen and oxygen atoms in total. The van der Waals surface area contributed by atoms with Gasteiger partial charge in [0.2, 0.25) is 5.91 Å². The molecule has 1 aromatic rings. The van der Waals surface area contributed by atoms with Crippen molar-refractivity contribution in [1.82, 2.24) is 5.48 Å². The van der Waals surface area contributed by atoms with Gasteiger partial charge in [0, 0.05) is 0 Å². The van der Waals surface area contributed by atoms with Crippen LogP contribution in [0.25, 0.3) is 0 Å². The number of hydrogen-bond acceptors (Lipinski definition) is 4. The maximum atomic E-state index is 12.9. The fraction of sp³-hybridized carbons (Fsp3) is 0.533. The molecule has 1 aliphatic carbocycles. The van der Waals surface area contributed by atoms with Crippen molar-refractivity contribution >= 4 is 15.7 Å². The number of hydrogen-bond donors (Lipinski definition) is 2. The number of hydroxylamine groups is 1. The molecule has 1 saturated carbocycles. The third-order valence-corrected chi connectivity index (χ3v) is 7.00. The first kappa shape index (κ1) is 16.0. The first-order valence-corrected chi connectivity index (χ1v) is 8.81. The van der Waals surface area contributed by atoms with E-state index in [1.54, 1.807) is 36.7 Å². The quantitative estimate of drug-likeness (QED) is 0.660. The van der Waals surface area contributed by atoms with E-state index < -0.39 is 32.2 Å². The van der Waals surface area contributed by atoms with Crippen LogP contribution < -0.4 is 5.48 Å². The highest BCUT2D eigenvalue weighted by molar-refractivity contribution is 7.92. The van der Waals surface area contributed by atoms with Gasteiger partial charge < -0.3 is 0 Å². The van der Waals surface area contributed by atoms with Crippen LogP contribution in [0.1, 0.15) is 43.4 Å². The SMILES string of the molecule is CC(c1ccccc1)S(=O)(=O)[C@H]1CCCC[C@@H]1C(=O)NO. The fourth-order valence-electron chi connectivity index (χ4n) is 3.05. The van der Waals surface area contributed by atoms with Crippen molar-refractivity contribution in [2.75, 3.05) is 0 Å². The lowest BCUT2D eigenvalue weighted by Gasteiger charge is -2.31. The normalized spacial score (nSPS) is 24.3. The summed E-state index contributed by atoms with van der Waals surface area (Å²) in [6, 6.07) is 9.02. The second-order valence-electron chi connectivity index (χ2n) is 5.55. The molecule has 0 bridgehead atoms. The summed E-state index contributed by atoms with van der Waals surface area (Å²) in [6.45, 7) is 1.66. The Morgan fingerprint density at radius 2 is 1.86 bits per heavy atom. The Balaban J connectivity index is 2.30. The van der Waals surface area contributed by atoms with Crippen LogP contribution in [-0.4, -0.2) is 24.8 Å². The molecule has 1 unspecified atom stereocenters. The number of carbonyl (C=O) groups excluding carboxylic acids is 1. The molecule has 3 atom stereocenters. The summed E-state index contributed by atoms with van der Waals surface area (Å²) >= 11 is 0. The third-order valence-electron chi connectivity index (χ3n) is 4.33. The van der Waals surface area contributed by atoms with Crippen molar-refractivity contribution in [3.05, 3.63) is 35.9 Å². The van der Waals surface area contributed by atoms with Gasteiger partial charge in [0.1, 0.15) is 0 Å². The Hall–Kier alpha value is -1.40. The van der Waals surface area contributed by atoms with Gasteiger partial charge in [-0.2, -0.15) is 0 Å². The predicted octanol–water partition coefficient (Wildman–Crippen LogP) is 2.23. The van der Waals surface area contributed by atoms with E-state index >= 15 is 0 Å². The zero-order chi connectivity index (χ0) is 15.5. The lowest BCUT2D eigenvalue weighted by atomic mass is 9.88. The Kier molecular flexibility index (Phi) is 5.00. The van der Waals surface area contributed by atoms with Crippen LogP contribution in [0.15, 0.2) is 30.3 Å². The molecule has 1 aliphatic rings. The van der Waals surface area contributed by atoms with Gasteiger partial charge in [0.15, 0.2) is 9.84 Å². The Morgan fingerprint density at radius 3 is 2.48 bits per heavy atom. The molecule has 1 fully saturated rings. The lowest BCUT2D eigenvalue weighted by Crippen LogP contribution is -2.43. The lowest BCUT2D eigenvalue weighted by molar-refractivity contribution is -0.134. The molecule has 2 N–H and O–H groups in total. The summed E-state index contributed by atoms with van der Waals surface area (Å²) in [5.74, 6) is -1.26. The van der Waals surface area contributed by atoms with Gasteiger partial charge in [-0.05, 0) is 25.3 Å². The second kappa shape index (κ2) is 6.58. The number of benzene rings is 1. The number of nitrogens with one attached hydrogen (secondary N) is 1. The molecule has 116 valence electrons.